The van der Waals surface area contributed by atoms with Gasteiger partial charge in [0.1, 0.15) is 6.54 Å². The average Bonchev–Trinajstić information content (AvgIpc) is 2.75. The fourth-order valence-electron chi connectivity index (χ4n) is 3.61. The number of aliphatic carboxylic acids is 1. The first-order valence-corrected chi connectivity index (χ1v) is 8.18. The molecule has 0 radical (unpaired) electrons. The van der Waals surface area contributed by atoms with Gasteiger partial charge in [-0.3, -0.25) is 13.9 Å². The zero-order valence-electron chi connectivity index (χ0n) is 13.2. The van der Waals surface area contributed by atoms with Crippen molar-refractivity contribution in [3.63, 3.8) is 0 Å². The van der Waals surface area contributed by atoms with Gasteiger partial charge in [0.05, 0.1) is 11.0 Å². The summed E-state index contributed by atoms with van der Waals surface area (Å²) in [7, 11) is 0. The Labute approximate surface area is 138 Å². The lowest BCUT2D eigenvalue weighted by Crippen LogP contribution is -2.26. The van der Waals surface area contributed by atoms with E-state index in [4.69, 9.17) is 0 Å². The molecule has 0 saturated carbocycles. The molecule has 122 valence electrons. The second-order valence-corrected chi connectivity index (χ2v) is 6.24. The highest BCUT2D eigenvalue weighted by Crippen LogP contribution is 2.30. The third-order valence-electron chi connectivity index (χ3n) is 4.67. The van der Waals surface area contributed by atoms with Crippen LogP contribution < -0.4 is 5.69 Å². The highest BCUT2D eigenvalue weighted by Gasteiger charge is 2.21. The van der Waals surface area contributed by atoms with Gasteiger partial charge in [-0.05, 0) is 48.1 Å². The largest absolute Gasteiger partial charge is 0.480 e. The molecule has 2 aromatic carbocycles. The van der Waals surface area contributed by atoms with E-state index in [0.29, 0.717) is 6.54 Å². The summed E-state index contributed by atoms with van der Waals surface area (Å²) in [5.41, 5.74) is 4.63. The Morgan fingerprint density at radius 1 is 1.08 bits per heavy atom. The molecular weight excluding hydrogens is 304 g/mol. The molecule has 5 nitrogen and oxygen atoms in total. The Bertz CT molecular complexity index is 983. The molecular formula is C19H18N2O3. The van der Waals surface area contributed by atoms with E-state index in [0.717, 1.165) is 47.0 Å². The first kappa shape index (κ1) is 14.8. The summed E-state index contributed by atoms with van der Waals surface area (Å²) in [4.78, 5) is 23.9. The van der Waals surface area contributed by atoms with Crippen LogP contribution in [-0.4, -0.2) is 20.2 Å². The molecule has 0 atom stereocenters. The van der Waals surface area contributed by atoms with Crippen LogP contribution in [0.5, 0.6) is 0 Å². The molecule has 0 unspecified atom stereocenters. The van der Waals surface area contributed by atoms with Crippen molar-refractivity contribution in [2.24, 2.45) is 0 Å². The number of benzene rings is 2. The zero-order valence-corrected chi connectivity index (χ0v) is 13.2. The van der Waals surface area contributed by atoms with Crippen molar-refractivity contribution in [2.45, 2.75) is 32.4 Å². The number of aryl methyl sites for hydroxylation is 2. The summed E-state index contributed by atoms with van der Waals surface area (Å²) in [6.07, 6.45) is 2.88. The van der Waals surface area contributed by atoms with E-state index in [2.05, 4.69) is 6.07 Å². The monoisotopic (exact) mass is 322 g/mol. The maximum Gasteiger partial charge on any atom is 0.329 e. The van der Waals surface area contributed by atoms with Crippen LogP contribution in [0.1, 0.15) is 18.4 Å². The fraction of sp³-hybridized carbons (Fsp3) is 0.263. The van der Waals surface area contributed by atoms with Crippen molar-refractivity contribution >= 4 is 17.0 Å². The molecule has 0 aliphatic carbocycles. The van der Waals surface area contributed by atoms with Gasteiger partial charge >= 0.3 is 11.7 Å². The number of imidazole rings is 1. The summed E-state index contributed by atoms with van der Waals surface area (Å²) in [5.74, 6) is -1.00. The zero-order chi connectivity index (χ0) is 16.7. The first-order chi connectivity index (χ1) is 11.6. The lowest BCUT2D eigenvalue weighted by Gasteiger charge is -2.08. The SMILES string of the molecule is O=C(O)Cn1c(=O)n2c3c(cc(-c4ccccc4)cc31)CCCC2. The Balaban J connectivity index is 2.04. The number of carbonyl (C=O) groups is 1. The normalized spacial score (nSPS) is 13.8. The van der Waals surface area contributed by atoms with Crippen LogP contribution in [0.2, 0.25) is 0 Å². The van der Waals surface area contributed by atoms with Crippen molar-refractivity contribution in [1.29, 1.82) is 0 Å². The molecule has 1 aliphatic heterocycles. The predicted octanol–water partition coefficient (Wildman–Crippen LogP) is 2.89. The van der Waals surface area contributed by atoms with Crippen LogP contribution in [0, 0.1) is 0 Å². The predicted molar refractivity (Wildman–Crippen MR) is 92.2 cm³/mol. The molecule has 0 amide bonds. The van der Waals surface area contributed by atoms with Crippen molar-refractivity contribution < 1.29 is 9.90 Å². The van der Waals surface area contributed by atoms with E-state index < -0.39 is 5.97 Å². The highest BCUT2D eigenvalue weighted by molar-refractivity contribution is 5.87. The Hall–Kier alpha value is -2.82. The molecule has 24 heavy (non-hydrogen) atoms. The van der Waals surface area contributed by atoms with Gasteiger partial charge < -0.3 is 5.11 Å². The quantitative estimate of drug-likeness (QED) is 0.806. The third kappa shape index (κ3) is 2.33. The third-order valence-corrected chi connectivity index (χ3v) is 4.67. The fourth-order valence-corrected chi connectivity index (χ4v) is 3.61. The summed E-state index contributed by atoms with van der Waals surface area (Å²) < 4.78 is 3.13. The number of nitrogens with zero attached hydrogens (tertiary/aromatic N) is 2. The number of carboxylic acid groups (broad SMARTS) is 1. The van der Waals surface area contributed by atoms with Crippen LogP contribution in [-0.2, 0) is 24.3 Å². The Morgan fingerprint density at radius 2 is 1.88 bits per heavy atom. The maximum absolute atomic E-state index is 12.7. The summed E-state index contributed by atoms with van der Waals surface area (Å²) in [6, 6.07) is 14.1. The van der Waals surface area contributed by atoms with Crippen LogP contribution in [0.15, 0.2) is 47.3 Å². The summed E-state index contributed by atoms with van der Waals surface area (Å²) in [6.45, 7) is 0.347. The van der Waals surface area contributed by atoms with Crippen molar-refractivity contribution in [3.05, 3.63) is 58.5 Å². The van der Waals surface area contributed by atoms with E-state index in [1.165, 1.54) is 4.57 Å². The lowest BCUT2D eigenvalue weighted by molar-refractivity contribution is -0.137. The number of rotatable bonds is 3. The number of carboxylic acids is 1. The molecule has 0 spiro atoms. The summed E-state index contributed by atoms with van der Waals surface area (Å²) >= 11 is 0. The van der Waals surface area contributed by atoms with Crippen LogP contribution in [0.3, 0.4) is 0 Å². The summed E-state index contributed by atoms with van der Waals surface area (Å²) in [5, 5.41) is 9.19. The molecule has 0 saturated heterocycles. The van der Waals surface area contributed by atoms with Gasteiger partial charge in [-0.15, -0.1) is 0 Å². The molecule has 3 aromatic rings. The van der Waals surface area contributed by atoms with E-state index in [1.807, 2.05) is 36.4 Å². The first-order valence-electron chi connectivity index (χ1n) is 8.18. The molecule has 0 bridgehead atoms. The van der Waals surface area contributed by atoms with Gasteiger partial charge in [0.25, 0.3) is 0 Å². The molecule has 1 N–H and O–H groups in total. The van der Waals surface area contributed by atoms with Gasteiger partial charge in [-0.2, -0.15) is 0 Å². The van der Waals surface area contributed by atoms with Crippen molar-refractivity contribution in [3.8, 4) is 11.1 Å². The van der Waals surface area contributed by atoms with Crippen molar-refractivity contribution in [2.75, 3.05) is 0 Å². The molecule has 1 aliphatic rings. The molecule has 0 fully saturated rings. The van der Waals surface area contributed by atoms with Gasteiger partial charge in [-0.1, -0.05) is 30.3 Å². The minimum Gasteiger partial charge on any atom is -0.480 e. The van der Waals surface area contributed by atoms with Crippen LogP contribution >= 0.6 is 0 Å². The topological polar surface area (TPSA) is 64.2 Å². The second-order valence-electron chi connectivity index (χ2n) is 6.24. The standard InChI is InChI=1S/C19H18N2O3/c22-17(23)12-21-16-11-15(13-6-2-1-3-7-13)10-14-8-4-5-9-20(18(14)16)19(21)24/h1-3,6-7,10-11H,4-5,8-9,12H2,(H,22,23). The molecule has 4 rings (SSSR count). The smallest absolute Gasteiger partial charge is 0.329 e. The van der Waals surface area contributed by atoms with Gasteiger partial charge in [-0.25, -0.2) is 4.79 Å². The minimum atomic E-state index is -1.00. The van der Waals surface area contributed by atoms with E-state index >= 15 is 0 Å². The van der Waals surface area contributed by atoms with E-state index in [1.54, 1.807) is 4.57 Å². The van der Waals surface area contributed by atoms with Crippen LogP contribution in [0.4, 0.5) is 0 Å². The highest BCUT2D eigenvalue weighted by atomic mass is 16.4. The van der Waals surface area contributed by atoms with Gasteiger partial charge in [0, 0.05) is 6.54 Å². The number of hydrogen-bond donors (Lipinski definition) is 1. The van der Waals surface area contributed by atoms with E-state index in [9.17, 15) is 14.7 Å². The van der Waals surface area contributed by atoms with Gasteiger partial charge in [0.2, 0.25) is 0 Å². The van der Waals surface area contributed by atoms with Crippen LogP contribution in [0.25, 0.3) is 22.2 Å². The maximum atomic E-state index is 12.7. The Morgan fingerprint density at radius 3 is 2.62 bits per heavy atom. The molecule has 5 heteroatoms. The van der Waals surface area contributed by atoms with E-state index in [-0.39, 0.29) is 12.2 Å². The van der Waals surface area contributed by atoms with Crippen molar-refractivity contribution in [1.82, 2.24) is 9.13 Å². The average molecular weight is 322 g/mol. The van der Waals surface area contributed by atoms with Gasteiger partial charge in [0.15, 0.2) is 0 Å². The molecule has 1 aromatic heterocycles. The second kappa shape index (κ2) is 5.67. The lowest BCUT2D eigenvalue weighted by atomic mass is 9.99. The molecule has 2 heterocycles. The number of aromatic nitrogens is 2. The Kier molecular flexibility index (Phi) is 3.49. The minimum absolute atomic E-state index is 0.222. The number of hydrogen-bond acceptors (Lipinski definition) is 2.